The molecule has 0 spiro atoms. The Hall–Kier alpha value is 0.610. The van der Waals surface area contributed by atoms with Crippen molar-refractivity contribution in [2.45, 2.75) is 54.8 Å². The van der Waals surface area contributed by atoms with Crippen molar-refractivity contribution in [3.05, 3.63) is 0 Å². The van der Waals surface area contributed by atoms with Gasteiger partial charge in [-0.15, -0.1) is 0 Å². The first-order valence-corrected chi connectivity index (χ1v) is 6.56. The molecule has 0 aromatic carbocycles. The predicted molar refractivity (Wildman–Crippen MR) is 68.3 cm³/mol. The third-order valence-electron chi connectivity index (χ3n) is 3.72. The van der Waals surface area contributed by atoms with Crippen molar-refractivity contribution in [1.29, 1.82) is 0 Å². The summed E-state index contributed by atoms with van der Waals surface area (Å²) in [6.07, 6.45) is 0.980. The zero-order chi connectivity index (χ0) is 11.9. The van der Waals surface area contributed by atoms with Crippen molar-refractivity contribution in [1.82, 2.24) is 0 Å². The van der Waals surface area contributed by atoms with Crippen molar-refractivity contribution in [2.75, 3.05) is 7.11 Å². The molecule has 1 aliphatic rings. The van der Waals surface area contributed by atoms with Crippen molar-refractivity contribution >= 4 is 22.6 Å². The quantitative estimate of drug-likeness (QED) is 0.600. The van der Waals surface area contributed by atoms with Gasteiger partial charge in [0.25, 0.3) is 0 Å². The van der Waals surface area contributed by atoms with Crippen LogP contribution in [0.4, 0.5) is 0 Å². The highest BCUT2D eigenvalue weighted by molar-refractivity contribution is 14.1. The topological polar surface area (TPSA) is 49.7 Å². The van der Waals surface area contributed by atoms with Crippen LogP contribution < -0.4 is 0 Å². The van der Waals surface area contributed by atoms with Crippen LogP contribution in [0.2, 0.25) is 0 Å². The monoisotopic (exact) mass is 328 g/mol. The first-order chi connectivity index (χ1) is 6.71. The number of aliphatic hydroxyl groups excluding tert-OH is 1. The molecule has 0 aromatic heterocycles. The maximum absolute atomic E-state index is 10.1. The first kappa shape index (κ1) is 13.7. The minimum Gasteiger partial charge on any atom is -0.390 e. The average Bonchev–Trinajstić information content (AvgIpc) is 2.11. The van der Waals surface area contributed by atoms with Crippen molar-refractivity contribution in [2.24, 2.45) is 5.92 Å². The van der Waals surface area contributed by atoms with Crippen molar-refractivity contribution in [3.8, 4) is 0 Å². The predicted octanol–water partition coefficient (Wildman–Crippen LogP) is 1.74. The van der Waals surface area contributed by atoms with E-state index in [4.69, 9.17) is 4.74 Å². The van der Waals surface area contributed by atoms with Gasteiger partial charge in [0.1, 0.15) is 5.60 Å². The molecule has 0 radical (unpaired) electrons. The second kappa shape index (κ2) is 4.47. The summed E-state index contributed by atoms with van der Waals surface area (Å²) in [6, 6.07) is 0. The van der Waals surface area contributed by atoms with E-state index in [-0.39, 0.29) is 9.84 Å². The van der Waals surface area contributed by atoms with Crippen LogP contribution in [0.25, 0.3) is 0 Å². The van der Waals surface area contributed by atoms with E-state index in [2.05, 4.69) is 22.6 Å². The lowest BCUT2D eigenvalue weighted by atomic mass is 9.71. The molecule has 90 valence electrons. The molecule has 4 heteroatoms. The van der Waals surface area contributed by atoms with Crippen LogP contribution in [-0.4, -0.2) is 38.6 Å². The number of alkyl halides is 1. The van der Waals surface area contributed by atoms with E-state index < -0.39 is 17.3 Å². The van der Waals surface area contributed by atoms with Crippen molar-refractivity contribution < 1.29 is 14.9 Å². The van der Waals surface area contributed by atoms with Crippen LogP contribution in [0.1, 0.15) is 33.6 Å². The Labute approximate surface area is 105 Å². The molecular weight excluding hydrogens is 307 g/mol. The van der Waals surface area contributed by atoms with Crippen LogP contribution in [0.5, 0.6) is 0 Å². The molecule has 1 fully saturated rings. The molecule has 15 heavy (non-hydrogen) atoms. The van der Waals surface area contributed by atoms with Crippen LogP contribution in [0.15, 0.2) is 0 Å². The lowest BCUT2D eigenvalue weighted by Crippen LogP contribution is -2.56. The van der Waals surface area contributed by atoms with Crippen LogP contribution in [0, 0.1) is 5.92 Å². The molecule has 2 N–H and O–H groups in total. The van der Waals surface area contributed by atoms with E-state index in [1.165, 1.54) is 0 Å². The zero-order valence-electron chi connectivity index (χ0n) is 9.83. The number of aliphatic hydroxyl groups is 2. The number of methoxy groups -OCH3 is 1. The fourth-order valence-corrected chi connectivity index (χ4v) is 3.42. The molecule has 0 aliphatic heterocycles. The third-order valence-corrected chi connectivity index (χ3v) is 5.47. The van der Waals surface area contributed by atoms with E-state index >= 15 is 0 Å². The maximum atomic E-state index is 10.1. The lowest BCUT2D eigenvalue weighted by molar-refractivity contribution is -0.136. The van der Waals surface area contributed by atoms with Gasteiger partial charge in [0.2, 0.25) is 0 Å². The summed E-state index contributed by atoms with van der Waals surface area (Å²) in [5.74, 6) is 0.137. The largest absolute Gasteiger partial charge is 0.390 e. The molecule has 0 saturated heterocycles. The Morgan fingerprint density at radius 1 is 1.40 bits per heavy atom. The molecule has 1 rings (SSSR count). The van der Waals surface area contributed by atoms with Gasteiger partial charge in [-0.25, -0.2) is 0 Å². The van der Waals surface area contributed by atoms with Crippen molar-refractivity contribution in [3.63, 3.8) is 0 Å². The Morgan fingerprint density at radius 3 is 2.27 bits per heavy atom. The van der Waals surface area contributed by atoms with Gasteiger partial charge < -0.3 is 14.9 Å². The molecule has 0 aromatic rings. The number of hydrogen-bond acceptors (Lipinski definition) is 3. The maximum Gasteiger partial charge on any atom is 0.102 e. The van der Waals surface area contributed by atoms with Crippen LogP contribution >= 0.6 is 22.6 Å². The minimum absolute atomic E-state index is 0.137. The van der Waals surface area contributed by atoms with Gasteiger partial charge in [-0.1, -0.05) is 22.6 Å². The number of halogens is 1. The summed E-state index contributed by atoms with van der Waals surface area (Å²) in [7, 11) is 1.64. The van der Waals surface area contributed by atoms with Gasteiger partial charge in [0.05, 0.1) is 11.7 Å². The Morgan fingerprint density at radius 2 is 1.93 bits per heavy atom. The van der Waals surface area contributed by atoms with Gasteiger partial charge in [-0.05, 0) is 39.5 Å². The third kappa shape index (κ3) is 2.65. The normalized spacial score (nSPS) is 43.0. The van der Waals surface area contributed by atoms with Gasteiger partial charge in [-0.3, -0.25) is 0 Å². The highest BCUT2D eigenvalue weighted by Gasteiger charge is 2.48. The molecule has 1 aliphatic carbocycles. The number of rotatable bonds is 2. The summed E-state index contributed by atoms with van der Waals surface area (Å²) in [5, 5.41) is 20.1. The molecule has 0 unspecified atom stereocenters. The summed E-state index contributed by atoms with van der Waals surface area (Å²) in [6.45, 7) is 5.56. The zero-order valence-corrected chi connectivity index (χ0v) is 12.0. The van der Waals surface area contributed by atoms with E-state index in [1.807, 2.05) is 20.8 Å². The van der Waals surface area contributed by atoms with Crippen LogP contribution in [0.3, 0.4) is 0 Å². The first-order valence-electron chi connectivity index (χ1n) is 5.31. The van der Waals surface area contributed by atoms with E-state index in [0.29, 0.717) is 6.42 Å². The fourth-order valence-electron chi connectivity index (χ4n) is 2.13. The molecule has 1 saturated carbocycles. The molecule has 0 amide bonds. The Kier molecular flexibility index (Phi) is 4.07. The Balaban J connectivity index is 2.80. The van der Waals surface area contributed by atoms with Gasteiger partial charge >= 0.3 is 0 Å². The van der Waals surface area contributed by atoms with E-state index in [0.717, 1.165) is 6.42 Å². The van der Waals surface area contributed by atoms with E-state index in [1.54, 1.807) is 7.11 Å². The standard InChI is InChI=1S/C11H21IO3/c1-10(2,14)7-5-8(12)11(3,15-4)9(13)6-7/h7-9,13-14H,5-6H2,1-4H3/t7-,8-,9+,11+/m0/s1. The lowest BCUT2D eigenvalue weighted by Gasteiger charge is -2.47. The second-order valence-corrected chi connectivity index (χ2v) is 6.70. The molecule has 4 atom stereocenters. The van der Waals surface area contributed by atoms with Gasteiger partial charge in [0.15, 0.2) is 0 Å². The smallest absolute Gasteiger partial charge is 0.102 e. The van der Waals surface area contributed by atoms with Gasteiger partial charge in [-0.2, -0.15) is 0 Å². The summed E-state index contributed by atoms with van der Waals surface area (Å²) < 4.78 is 5.65. The molecular formula is C11H21IO3. The number of hydrogen-bond donors (Lipinski definition) is 2. The molecule has 3 nitrogen and oxygen atoms in total. The van der Waals surface area contributed by atoms with Crippen LogP contribution in [-0.2, 0) is 4.74 Å². The summed E-state index contributed by atoms with van der Waals surface area (Å²) >= 11 is 2.31. The second-order valence-electron chi connectivity index (χ2n) is 5.19. The fraction of sp³-hybridized carbons (Fsp3) is 1.00. The molecule has 0 bridgehead atoms. The summed E-state index contributed by atoms with van der Waals surface area (Å²) in [5.41, 5.74) is -1.21. The van der Waals surface area contributed by atoms with E-state index in [9.17, 15) is 10.2 Å². The van der Waals surface area contributed by atoms with Gasteiger partial charge in [0, 0.05) is 11.0 Å². The number of ether oxygens (including phenoxy) is 1. The Bertz CT molecular complexity index is 212. The average molecular weight is 328 g/mol. The highest BCUT2D eigenvalue weighted by Crippen LogP contribution is 2.42. The minimum atomic E-state index is -0.723. The highest BCUT2D eigenvalue weighted by atomic mass is 127. The SMILES string of the molecule is CO[C@@]1(C)[C@H](O)C[C@@H](C(C)(C)O)C[C@@H]1I. The summed E-state index contributed by atoms with van der Waals surface area (Å²) in [4.78, 5) is 0. The molecule has 0 heterocycles.